The van der Waals surface area contributed by atoms with Gasteiger partial charge in [0.1, 0.15) is 5.75 Å². The van der Waals surface area contributed by atoms with Crippen LogP contribution in [0.5, 0.6) is 5.75 Å². The third-order valence-corrected chi connectivity index (χ3v) is 3.92. The molecule has 106 valence electrons. The van der Waals surface area contributed by atoms with Gasteiger partial charge in [-0.1, -0.05) is 42.5 Å². The van der Waals surface area contributed by atoms with E-state index in [0.717, 1.165) is 0 Å². The molecule has 0 aliphatic carbocycles. The van der Waals surface area contributed by atoms with Gasteiger partial charge in [-0.15, -0.1) is 0 Å². The van der Waals surface area contributed by atoms with Gasteiger partial charge in [-0.25, -0.2) is 0 Å². The Morgan fingerprint density at radius 3 is 2.38 bits per heavy atom. The van der Waals surface area contributed by atoms with Gasteiger partial charge in [-0.3, -0.25) is 14.9 Å². The average molecular weight is 304 g/mol. The van der Waals surface area contributed by atoms with Gasteiger partial charge in [0.05, 0.1) is 10.5 Å². The molecule has 0 amide bonds. The molecule has 0 N–H and O–H groups in total. The highest BCUT2D eigenvalue weighted by Gasteiger charge is 2.61. The maximum Gasteiger partial charge on any atom is 0.397 e. The Balaban J connectivity index is 2.20. The third kappa shape index (κ3) is 1.97. The molecule has 1 heterocycles. The molecule has 6 heteroatoms. The van der Waals surface area contributed by atoms with Crippen molar-refractivity contribution in [3.8, 4) is 5.75 Å². The van der Waals surface area contributed by atoms with Gasteiger partial charge in [0, 0.05) is 5.56 Å². The van der Waals surface area contributed by atoms with E-state index >= 15 is 0 Å². The average Bonchev–Trinajstić information content (AvgIpc) is 2.51. The first-order chi connectivity index (χ1) is 10.0. The number of ketones is 1. The number of carbonyl (C=O) groups excluding carboxylic acids is 1. The SMILES string of the molecule is O=C1c2ccccc2O[C@H](c2ccccc2)[C@@]1(Cl)[N+](=O)[O-]. The molecule has 0 saturated heterocycles. The van der Waals surface area contributed by atoms with Crippen LogP contribution < -0.4 is 4.74 Å². The molecule has 0 saturated carbocycles. The molecule has 5 nitrogen and oxygen atoms in total. The number of alkyl halides is 1. The molecule has 0 fully saturated rings. The first-order valence-corrected chi connectivity index (χ1v) is 6.62. The van der Waals surface area contributed by atoms with Crippen LogP contribution in [0.15, 0.2) is 54.6 Å². The van der Waals surface area contributed by atoms with Crippen molar-refractivity contribution in [3.63, 3.8) is 0 Å². The Morgan fingerprint density at radius 2 is 1.71 bits per heavy atom. The number of ether oxygens (including phenoxy) is 1. The second kappa shape index (κ2) is 4.86. The van der Waals surface area contributed by atoms with E-state index in [1.165, 1.54) is 6.07 Å². The Labute approximate surface area is 125 Å². The van der Waals surface area contributed by atoms with E-state index < -0.39 is 21.8 Å². The van der Waals surface area contributed by atoms with E-state index in [4.69, 9.17) is 16.3 Å². The summed E-state index contributed by atoms with van der Waals surface area (Å²) in [5, 5.41) is 11.5. The number of halogens is 1. The third-order valence-electron chi connectivity index (χ3n) is 3.41. The molecule has 2 aromatic carbocycles. The van der Waals surface area contributed by atoms with Crippen LogP contribution in [0.3, 0.4) is 0 Å². The largest absolute Gasteiger partial charge is 0.475 e. The van der Waals surface area contributed by atoms with E-state index in [-0.39, 0.29) is 5.56 Å². The van der Waals surface area contributed by atoms with Crippen molar-refractivity contribution < 1.29 is 14.5 Å². The van der Waals surface area contributed by atoms with Crippen LogP contribution in [0.1, 0.15) is 22.0 Å². The quantitative estimate of drug-likeness (QED) is 0.370. The summed E-state index contributed by atoms with van der Waals surface area (Å²) in [6.07, 6.45) is -1.18. The summed E-state index contributed by atoms with van der Waals surface area (Å²) in [5.74, 6) is -0.459. The molecule has 3 rings (SSSR count). The van der Waals surface area contributed by atoms with Crippen molar-refractivity contribution in [2.75, 3.05) is 0 Å². The van der Waals surface area contributed by atoms with Gasteiger partial charge in [-0.05, 0) is 23.7 Å². The van der Waals surface area contributed by atoms with Crippen molar-refractivity contribution in [2.24, 2.45) is 0 Å². The summed E-state index contributed by atoms with van der Waals surface area (Å²) in [6.45, 7) is 0. The molecule has 0 unspecified atom stereocenters. The molecule has 0 radical (unpaired) electrons. The van der Waals surface area contributed by atoms with Crippen molar-refractivity contribution in [3.05, 3.63) is 75.8 Å². The van der Waals surface area contributed by atoms with Crippen LogP contribution in [0.4, 0.5) is 0 Å². The molecule has 1 aliphatic rings. The highest BCUT2D eigenvalue weighted by Crippen LogP contribution is 2.45. The molecule has 2 aromatic rings. The number of hydrogen-bond acceptors (Lipinski definition) is 4. The summed E-state index contributed by atoms with van der Waals surface area (Å²) in [5.41, 5.74) is 0.600. The number of nitrogens with zero attached hydrogens (tertiary/aromatic N) is 1. The smallest absolute Gasteiger partial charge is 0.397 e. The molecule has 0 aromatic heterocycles. The second-order valence-corrected chi connectivity index (χ2v) is 5.24. The highest BCUT2D eigenvalue weighted by atomic mass is 35.5. The van der Waals surface area contributed by atoms with Gasteiger partial charge in [0.2, 0.25) is 6.10 Å². The highest BCUT2D eigenvalue weighted by molar-refractivity contribution is 6.37. The number of nitro groups is 1. The zero-order valence-electron chi connectivity index (χ0n) is 10.7. The first kappa shape index (κ1) is 13.6. The van der Waals surface area contributed by atoms with Crippen LogP contribution in [0.25, 0.3) is 0 Å². The normalized spacial score (nSPS) is 24.0. The first-order valence-electron chi connectivity index (χ1n) is 6.24. The van der Waals surface area contributed by atoms with Crippen molar-refractivity contribution in [1.29, 1.82) is 0 Å². The molecule has 2 atom stereocenters. The minimum absolute atomic E-state index is 0.122. The number of hydrogen-bond donors (Lipinski definition) is 0. The lowest BCUT2D eigenvalue weighted by atomic mass is 9.91. The summed E-state index contributed by atoms with van der Waals surface area (Å²) < 4.78 is 5.67. The van der Waals surface area contributed by atoms with Gasteiger partial charge in [-0.2, -0.15) is 0 Å². The fourth-order valence-electron chi connectivity index (χ4n) is 2.37. The Bertz CT molecular complexity index is 719. The van der Waals surface area contributed by atoms with Crippen molar-refractivity contribution in [2.45, 2.75) is 11.1 Å². The Hall–Kier alpha value is -2.40. The number of para-hydroxylation sites is 1. The predicted molar refractivity (Wildman–Crippen MR) is 76.2 cm³/mol. The molecule has 21 heavy (non-hydrogen) atoms. The monoisotopic (exact) mass is 303 g/mol. The van der Waals surface area contributed by atoms with Crippen molar-refractivity contribution >= 4 is 17.4 Å². The zero-order chi connectivity index (χ0) is 15.0. The number of rotatable bonds is 2. The fourth-order valence-corrected chi connectivity index (χ4v) is 2.64. The van der Waals surface area contributed by atoms with Gasteiger partial charge < -0.3 is 4.74 Å². The van der Waals surface area contributed by atoms with E-state index in [2.05, 4.69) is 0 Å². The van der Waals surface area contributed by atoms with E-state index in [9.17, 15) is 14.9 Å². The number of benzene rings is 2. The molecular formula is C15H10ClNO4. The second-order valence-electron chi connectivity index (χ2n) is 4.66. The Kier molecular flexibility index (Phi) is 3.14. The fraction of sp³-hybridized carbons (Fsp3) is 0.133. The van der Waals surface area contributed by atoms with Gasteiger partial charge in [0.15, 0.2) is 0 Å². The topological polar surface area (TPSA) is 69.4 Å². The molecular weight excluding hydrogens is 294 g/mol. The van der Waals surface area contributed by atoms with Crippen molar-refractivity contribution in [1.82, 2.24) is 0 Å². The molecule has 1 aliphatic heterocycles. The number of Topliss-reactive ketones (excluding diaryl/α,β-unsaturated/α-hetero) is 1. The van der Waals surface area contributed by atoms with Crippen LogP contribution >= 0.6 is 11.6 Å². The lowest BCUT2D eigenvalue weighted by Crippen LogP contribution is -2.51. The standard InChI is InChI=1S/C15H10ClNO4/c16-15(17(19)20)13(18)11-8-4-5-9-12(11)21-14(15)10-6-2-1-3-7-10/h1-9,14H/t14-,15+/m1/s1. The maximum atomic E-state index is 12.5. The lowest BCUT2D eigenvalue weighted by Gasteiger charge is -2.32. The number of fused-ring (bicyclic) bond motifs is 1. The van der Waals surface area contributed by atoms with E-state index in [1.807, 2.05) is 0 Å². The summed E-state index contributed by atoms with van der Waals surface area (Å²) in [4.78, 5) is 20.8. The summed E-state index contributed by atoms with van der Waals surface area (Å²) in [7, 11) is 0. The predicted octanol–water partition coefficient (Wildman–Crippen LogP) is 3.21. The lowest BCUT2D eigenvalue weighted by molar-refractivity contribution is -0.536. The van der Waals surface area contributed by atoms with E-state index in [0.29, 0.717) is 11.3 Å². The number of carbonyl (C=O) groups is 1. The minimum Gasteiger partial charge on any atom is -0.475 e. The van der Waals surface area contributed by atoms with Crippen LogP contribution in [0.2, 0.25) is 0 Å². The Morgan fingerprint density at radius 1 is 1.10 bits per heavy atom. The van der Waals surface area contributed by atoms with E-state index in [1.54, 1.807) is 48.5 Å². The van der Waals surface area contributed by atoms with Crippen LogP contribution in [-0.2, 0) is 0 Å². The maximum absolute atomic E-state index is 12.5. The van der Waals surface area contributed by atoms with Crippen LogP contribution in [0, 0.1) is 10.1 Å². The minimum atomic E-state index is -2.37. The van der Waals surface area contributed by atoms with Gasteiger partial charge >= 0.3 is 5.00 Å². The molecule has 0 spiro atoms. The molecule has 0 bridgehead atoms. The zero-order valence-corrected chi connectivity index (χ0v) is 11.5. The van der Waals surface area contributed by atoms with Gasteiger partial charge in [0.25, 0.3) is 5.78 Å². The summed E-state index contributed by atoms with van der Waals surface area (Å²) in [6, 6.07) is 14.9. The summed E-state index contributed by atoms with van der Waals surface area (Å²) >= 11 is 6.12. The van der Waals surface area contributed by atoms with Crippen LogP contribution in [-0.4, -0.2) is 15.7 Å².